The van der Waals surface area contributed by atoms with Crippen LogP contribution in [0.3, 0.4) is 0 Å². The van der Waals surface area contributed by atoms with E-state index < -0.39 is 0 Å². The predicted molar refractivity (Wildman–Crippen MR) is 97.7 cm³/mol. The van der Waals surface area contributed by atoms with Crippen LogP contribution in [0, 0.1) is 0 Å². The molecule has 25 heavy (non-hydrogen) atoms. The first-order valence-electron chi connectivity index (χ1n) is 9.03. The van der Waals surface area contributed by atoms with Crippen LogP contribution in [0.2, 0.25) is 0 Å². The third-order valence-corrected chi connectivity index (χ3v) is 5.45. The quantitative estimate of drug-likeness (QED) is 0.692. The number of hydrogen-bond acceptors (Lipinski definition) is 3. The number of Topliss-reactive ketones (excluding diaryl/α,β-unsaturated/α-hetero) is 2. The highest BCUT2D eigenvalue weighted by Crippen LogP contribution is 2.45. The van der Waals surface area contributed by atoms with E-state index in [4.69, 9.17) is 4.74 Å². The second-order valence-corrected chi connectivity index (χ2v) is 7.15. The van der Waals surface area contributed by atoms with E-state index in [1.54, 1.807) is 6.92 Å². The number of ether oxygens (including phenoxy) is 1. The van der Waals surface area contributed by atoms with E-state index in [0.29, 0.717) is 30.1 Å². The first-order chi connectivity index (χ1) is 12.1. The molecule has 1 aliphatic heterocycles. The Hall–Kier alpha value is -2.42. The van der Waals surface area contributed by atoms with Crippen molar-refractivity contribution >= 4 is 11.6 Å². The molecule has 0 N–H and O–H groups in total. The number of aryl methyl sites for hydroxylation is 1. The van der Waals surface area contributed by atoms with Crippen LogP contribution in [-0.2, 0) is 6.42 Å². The van der Waals surface area contributed by atoms with Gasteiger partial charge < -0.3 is 4.74 Å². The largest absolute Gasteiger partial charge is 0.492 e. The van der Waals surface area contributed by atoms with Gasteiger partial charge in [0.1, 0.15) is 5.75 Å². The Morgan fingerprint density at radius 2 is 1.96 bits per heavy atom. The minimum absolute atomic E-state index is 0.0558. The van der Waals surface area contributed by atoms with Gasteiger partial charge in [0, 0.05) is 17.5 Å². The second kappa shape index (κ2) is 6.14. The van der Waals surface area contributed by atoms with E-state index in [1.165, 1.54) is 11.1 Å². The molecule has 0 amide bonds. The summed E-state index contributed by atoms with van der Waals surface area (Å²) in [6.07, 6.45) is 3.28. The fourth-order valence-electron chi connectivity index (χ4n) is 3.99. The maximum atomic E-state index is 12.5. The van der Waals surface area contributed by atoms with Crippen LogP contribution >= 0.6 is 0 Å². The van der Waals surface area contributed by atoms with Gasteiger partial charge >= 0.3 is 0 Å². The minimum Gasteiger partial charge on any atom is -0.492 e. The number of hydrogen-bond donors (Lipinski definition) is 0. The molecule has 1 unspecified atom stereocenters. The third kappa shape index (κ3) is 2.68. The van der Waals surface area contributed by atoms with Crippen molar-refractivity contribution in [2.75, 3.05) is 6.61 Å². The topological polar surface area (TPSA) is 43.4 Å². The Labute approximate surface area is 148 Å². The van der Waals surface area contributed by atoms with Gasteiger partial charge in [0.25, 0.3) is 0 Å². The van der Waals surface area contributed by atoms with Gasteiger partial charge in [-0.25, -0.2) is 0 Å². The van der Waals surface area contributed by atoms with E-state index in [9.17, 15) is 9.59 Å². The maximum Gasteiger partial charge on any atom is 0.166 e. The van der Waals surface area contributed by atoms with Crippen LogP contribution in [0.4, 0.5) is 0 Å². The van der Waals surface area contributed by atoms with Crippen molar-refractivity contribution in [3.63, 3.8) is 0 Å². The van der Waals surface area contributed by atoms with Crippen molar-refractivity contribution in [3.05, 3.63) is 52.6 Å². The fraction of sp³-hybridized carbons (Fsp3) is 0.364. The molecule has 0 spiro atoms. The Balaban J connectivity index is 2.03. The number of carbonyl (C=O) groups is 2. The summed E-state index contributed by atoms with van der Waals surface area (Å²) < 4.78 is 6.06. The van der Waals surface area contributed by atoms with Gasteiger partial charge in [0.05, 0.1) is 12.2 Å². The SMILES string of the molecule is CC(=O)c1ccc2c(c1)-c1c(ccc3c1OCCCC3=O)CCC2C. The number of ketones is 2. The van der Waals surface area contributed by atoms with Crippen molar-refractivity contribution in [1.82, 2.24) is 0 Å². The molecule has 0 radical (unpaired) electrons. The number of carbonyl (C=O) groups excluding carboxylic acids is 2. The molecule has 0 saturated carbocycles. The summed E-state index contributed by atoms with van der Waals surface area (Å²) in [5.74, 6) is 1.33. The van der Waals surface area contributed by atoms with E-state index >= 15 is 0 Å². The fourth-order valence-corrected chi connectivity index (χ4v) is 3.99. The standard InChI is InChI=1S/C22H22O3/c1-13-5-6-15-7-10-18-20(24)4-3-11-25-22(18)21(15)19-12-16(14(2)23)8-9-17(13)19/h7-10,12-13H,3-6,11H2,1-2H3. The average molecular weight is 334 g/mol. The van der Waals surface area contributed by atoms with Crippen molar-refractivity contribution in [1.29, 1.82) is 0 Å². The van der Waals surface area contributed by atoms with Gasteiger partial charge in [0.2, 0.25) is 0 Å². The lowest BCUT2D eigenvalue weighted by Gasteiger charge is -2.18. The van der Waals surface area contributed by atoms with Gasteiger partial charge in [-0.1, -0.05) is 25.1 Å². The molecular weight excluding hydrogens is 312 g/mol. The summed E-state index contributed by atoms with van der Waals surface area (Å²) in [7, 11) is 0. The zero-order chi connectivity index (χ0) is 17.6. The van der Waals surface area contributed by atoms with Crippen LogP contribution in [0.15, 0.2) is 30.3 Å². The highest BCUT2D eigenvalue weighted by molar-refractivity contribution is 6.02. The smallest absolute Gasteiger partial charge is 0.166 e. The lowest BCUT2D eigenvalue weighted by Crippen LogP contribution is -2.03. The third-order valence-electron chi connectivity index (χ3n) is 5.45. The van der Waals surface area contributed by atoms with E-state index in [-0.39, 0.29) is 11.6 Å². The highest BCUT2D eigenvalue weighted by Gasteiger charge is 2.28. The summed E-state index contributed by atoms with van der Waals surface area (Å²) in [5, 5.41) is 0. The molecule has 0 bridgehead atoms. The number of benzene rings is 2. The molecule has 0 fully saturated rings. The lowest BCUT2D eigenvalue weighted by atomic mass is 9.88. The first-order valence-corrected chi connectivity index (χ1v) is 9.03. The minimum atomic E-state index is 0.0558. The van der Waals surface area contributed by atoms with Crippen molar-refractivity contribution in [2.45, 2.75) is 45.4 Å². The second-order valence-electron chi connectivity index (χ2n) is 7.15. The molecule has 3 heteroatoms. The Kier molecular flexibility index (Phi) is 3.95. The molecule has 0 saturated heterocycles. The van der Waals surface area contributed by atoms with Gasteiger partial charge in [-0.2, -0.15) is 0 Å². The molecule has 2 aromatic rings. The zero-order valence-electron chi connectivity index (χ0n) is 14.7. The highest BCUT2D eigenvalue weighted by atomic mass is 16.5. The Bertz CT molecular complexity index is 879. The van der Waals surface area contributed by atoms with Crippen LogP contribution in [0.1, 0.15) is 70.9 Å². The maximum absolute atomic E-state index is 12.5. The summed E-state index contributed by atoms with van der Waals surface area (Å²) >= 11 is 0. The van der Waals surface area contributed by atoms with E-state index in [0.717, 1.165) is 36.1 Å². The van der Waals surface area contributed by atoms with Crippen LogP contribution in [0.25, 0.3) is 11.1 Å². The molecule has 2 aliphatic rings. The van der Waals surface area contributed by atoms with Crippen LogP contribution in [-0.4, -0.2) is 18.2 Å². The molecule has 1 atom stereocenters. The molecular formula is C22H22O3. The van der Waals surface area contributed by atoms with Gasteiger partial charge in [-0.05, 0) is 60.9 Å². The van der Waals surface area contributed by atoms with Crippen molar-refractivity contribution in [2.24, 2.45) is 0 Å². The molecule has 2 aromatic carbocycles. The zero-order valence-corrected chi connectivity index (χ0v) is 14.7. The van der Waals surface area contributed by atoms with Gasteiger partial charge in [0.15, 0.2) is 11.6 Å². The van der Waals surface area contributed by atoms with Crippen LogP contribution < -0.4 is 4.74 Å². The van der Waals surface area contributed by atoms with Crippen LogP contribution in [0.5, 0.6) is 5.75 Å². The molecule has 1 heterocycles. The van der Waals surface area contributed by atoms with E-state index in [2.05, 4.69) is 19.1 Å². The number of fused-ring (bicyclic) bond motifs is 5. The summed E-state index contributed by atoms with van der Waals surface area (Å²) in [6, 6.07) is 9.96. The molecule has 0 aromatic heterocycles. The van der Waals surface area contributed by atoms with Gasteiger partial charge in [-0.15, -0.1) is 0 Å². The first kappa shape index (κ1) is 16.1. The van der Waals surface area contributed by atoms with Gasteiger partial charge in [-0.3, -0.25) is 9.59 Å². The summed E-state index contributed by atoms with van der Waals surface area (Å²) in [6.45, 7) is 4.38. The lowest BCUT2D eigenvalue weighted by molar-refractivity contribution is 0.0981. The predicted octanol–water partition coefficient (Wildman–Crippen LogP) is 4.96. The molecule has 128 valence electrons. The molecule has 1 aliphatic carbocycles. The number of rotatable bonds is 1. The summed E-state index contributed by atoms with van der Waals surface area (Å²) in [5.41, 5.74) is 5.91. The average Bonchev–Trinajstić information content (AvgIpc) is 2.88. The molecule has 4 rings (SSSR count). The van der Waals surface area contributed by atoms with Crippen molar-refractivity contribution in [3.8, 4) is 16.9 Å². The monoisotopic (exact) mass is 334 g/mol. The summed E-state index contributed by atoms with van der Waals surface area (Å²) in [4.78, 5) is 24.4. The Morgan fingerprint density at radius 1 is 1.12 bits per heavy atom. The molecule has 3 nitrogen and oxygen atoms in total. The normalized spacial score (nSPS) is 19.0. The Morgan fingerprint density at radius 3 is 2.76 bits per heavy atom. The van der Waals surface area contributed by atoms with E-state index in [1.807, 2.05) is 18.2 Å². The van der Waals surface area contributed by atoms with Crippen molar-refractivity contribution < 1.29 is 14.3 Å².